The third-order valence-electron chi connectivity index (χ3n) is 7.45. The molecule has 2 aromatic carbocycles. The van der Waals surface area contributed by atoms with Gasteiger partial charge in [0.25, 0.3) is 0 Å². The highest BCUT2D eigenvalue weighted by atomic mass is 16.7. The zero-order chi connectivity index (χ0) is 34.5. The van der Waals surface area contributed by atoms with Crippen molar-refractivity contribution in [3.05, 3.63) is 40.6 Å². The smallest absolute Gasteiger partial charge is 0.335 e. The van der Waals surface area contributed by atoms with Crippen LogP contribution in [-0.4, -0.2) is 132 Å². The number of benzene rings is 2. The molecule has 2 unspecified atom stereocenters. The van der Waals surface area contributed by atoms with Gasteiger partial charge in [0, 0.05) is 17.7 Å². The summed E-state index contributed by atoms with van der Waals surface area (Å²) in [6.45, 7) is 0. The van der Waals surface area contributed by atoms with Gasteiger partial charge in [-0.1, -0.05) is 0 Å². The summed E-state index contributed by atoms with van der Waals surface area (Å²) >= 11 is 0. The molecule has 0 amide bonds. The summed E-state index contributed by atoms with van der Waals surface area (Å²) in [5, 5.41) is 99.6. The van der Waals surface area contributed by atoms with Crippen LogP contribution in [0.15, 0.2) is 39.5 Å². The zero-order valence-electron chi connectivity index (χ0n) is 23.8. The Hall–Kier alpha value is -4.73. The van der Waals surface area contributed by atoms with Crippen molar-refractivity contribution >= 4 is 22.9 Å². The SMILES string of the molecule is COc1c(-c2ccc(O)c(O)c2)oc2cc(OC3O[C@H](C(=O)O)[C@@H](O)[C@H](O)[C@H]3O)cc(OC3O[C@H](C(=O)O)[C@@H](O)[C@H](O)[C@H]3O)c2c1=O. The van der Waals surface area contributed by atoms with E-state index in [9.17, 15) is 65.4 Å². The summed E-state index contributed by atoms with van der Waals surface area (Å²) in [7, 11) is 1.10. The summed E-state index contributed by atoms with van der Waals surface area (Å²) in [6, 6.07) is 5.32. The fourth-order valence-electron chi connectivity index (χ4n) is 5.00. The van der Waals surface area contributed by atoms with Crippen LogP contribution in [0.25, 0.3) is 22.3 Å². The van der Waals surface area contributed by atoms with E-state index in [1.54, 1.807) is 0 Å². The second-order valence-corrected chi connectivity index (χ2v) is 10.5. The highest BCUT2D eigenvalue weighted by molar-refractivity contribution is 5.89. The summed E-state index contributed by atoms with van der Waals surface area (Å²) in [4.78, 5) is 37.0. The molecule has 10 atom stereocenters. The lowest BCUT2D eigenvalue weighted by Crippen LogP contribution is -2.61. The minimum Gasteiger partial charge on any atom is -0.504 e. The largest absolute Gasteiger partial charge is 0.504 e. The van der Waals surface area contributed by atoms with Gasteiger partial charge in [0.1, 0.15) is 59.1 Å². The predicted molar refractivity (Wildman–Crippen MR) is 148 cm³/mol. The number of hydrogen-bond acceptors (Lipinski definition) is 17. The molecule has 1 aromatic heterocycles. The molecular weight excluding hydrogens is 640 g/mol. The Morgan fingerprint density at radius 2 is 1.28 bits per heavy atom. The molecule has 19 nitrogen and oxygen atoms in total. The first kappa shape index (κ1) is 33.6. The number of carboxylic acids is 2. The molecule has 254 valence electrons. The van der Waals surface area contributed by atoms with Gasteiger partial charge in [0.15, 0.2) is 29.5 Å². The molecule has 5 rings (SSSR count). The lowest BCUT2D eigenvalue weighted by atomic mass is 9.99. The van der Waals surface area contributed by atoms with E-state index in [2.05, 4.69) is 0 Å². The van der Waals surface area contributed by atoms with E-state index in [0.717, 1.165) is 31.4 Å². The maximum atomic E-state index is 13.8. The molecule has 0 saturated carbocycles. The molecule has 2 aliphatic heterocycles. The Labute approximate surface area is 261 Å². The summed E-state index contributed by atoms with van der Waals surface area (Å²) in [5.41, 5.74) is -1.35. The molecule has 0 radical (unpaired) electrons. The van der Waals surface area contributed by atoms with Gasteiger partial charge in [-0.05, 0) is 18.2 Å². The topological polar surface area (TPSA) is 313 Å². The van der Waals surface area contributed by atoms with Crippen LogP contribution < -0.4 is 19.6 Å². The van der Waals surface area contributed by atoms with E-state index in [-0.39, 0.29) is 11.3 Å². The summed E-state index contributed by atoms with van der Waals surface area (Å²) in [5.74, 6) is -6.35. The zero-order valence-corrected chi connectivity index (χ0v) is 23.8. The number of phenolic OH excluding ortho intramolecular Hbond substituents is 2. The van der Waals surface area contributed by atoms with E-state index < -0.39 is 118 Å². The van der Waals surface area contributed by atoms with Crippen LogP contribution in [-0.2, 0) is 19.1 Å². The second-order valence-electron chi connectivity index (χ2n) is 10.5. The molecule has 0 spiro atoms. The predicted octanol–water partition coefficient (Wildman–Crippen LogP) is -2.58. The fraction of sp³-hybridized carbons (Fsp3) is 0.393. The van der Waals surface area contributed by atoms with Gasteiger partial charge in [0.2, 0.25) is 23.8 Å². The average Bonchev–Trinajstić information content (AvgIpc) is 3.02. The van der Waals surface area contributed by atoms with Gasteiger partial charge in [-0.25, -0.2) is 9.59 Å². The molecule has 2 saturated heterocycles. The molecule has 10 N–H and O–H groups in total. The van der Waals surface area contributed by atoms with Crippen molar-refractivity contribution in [2.24, 2.45) is 0 Å². The molecule has 3 heterocycles. The molecule has 2 fully saturated rings. The molecule has 2 aliphatic rings. The molecular formula is C28H28O19. The first-order valence-electron chi connectivity index (χ1n) is 13.5. The van der Waals surface area contributed by atoms with Crippen molar-refractivity contribution < 1.29 is 88.8 Å². The van der Waals surface area contributed by atoms with Crippen LogP contribution in [0.2, 0.25) is 0 Å². The number of hydrogen-bond donors (Lipinski definition) is 10. The van der Waals surface area contributed by atoms with Crippen LogP contribution in [0, 0.1) is 0 Å². The highest BCUT2D eigenvalue weighted by Gasteiger charge is 2.49. The molecule has 3 aromatic rings. The number of phenols is 2. The first-order valence-corrected chi connectivity index (χ1v) is 13.5. The standard InChI is InChI=1S/C28H28O19/c1-42-22-14(31)13-11(44-21(22)7-2-3-9(29)10(30)4-7)5-8(43-27-19(36)15(32)17(34)23(46-27)25(38)39)6-12(13)45-28-20(37)16(33)18(35)24(47-28)26(40)41/h2-6,15-20,23-24,27-30,32-37H,1H3,(H,38,39)(H,40,41)/t15-,16-,17-,18-,19+,20+,23-,24-,27?,28?/m0/s1. The van der Waals surface area contributed by atoms with Gasteiger partial charge < -0.3 is 79.2 Å². The maximum absolute atomic E-state index is 13.8. The lowest BCUT2D eigenvalue weighted by Gasteiger charge is -2.39. The van der Waals surface area contributed by atoms with Crippen LogP contribution in [0.4, 0.5) is 0 Å². The summed E-state index contributed by atoms with van der Waals surface area (Å²) in [6.07, 6.45) is -20.6. The Bertz CT molecular complexity index is 1740. The number of ether oxygens (including phenoxy) is 5. The number of aliphatic hydroxyl groups is 6. The van der Waals surface area contributed by atoms with Crippen molar-refractivity contribution in [1.82, 2.24) is 0 Å². The Morgan fingerprint density at radius 1 is 0.723 bits per heavy atom. The van der Waals surface area contributed by atoms with Gasteiger partial charge >= 0.3 is 11.9 Å². The fourth-order valence-corrected chi connectivity index (χ4v) is 5.00. The highest BCUT2D eigenvalue weighted by Crippen LogP contribution is 2.40. The number of aliphatic carboxylic acids is 2. The number of fused-ring (bicyclic) bond motifs is 1. The van der Waals surface area contributed by atoms with E-state index >= 15 is 0 Å². The third-order valence-corrected chi connectivity index (χ3v) is 7.45. The quantitative estimate of drug-likeness (QED) is 0.110. The van der Waals surface area contributed by atoms with E-state index in [1.165, 1.54) is 6.07 Å². The van der Waals surface area contributed by atoms with Crippen LogP contribution in [0.5, 0.6) is 28.7 Å². The van der Waals surface area contributed by atoms with Crippen molar-refractivity contribution in [2.45, 2.75) is 61.4 Å². The lowest BCUT2D eigenvalue weighted by molar-refractivity contribution is -0.272. The number of carbonyl (C=O) groups is 2. The molecule has 19 heteroatoms. The minimum absolute atomic E-state index is 0.0184. The normalized spacial score (nSPS) is 30.9. The Balaban J connectivity index is 1.66. The number of carboxylic acid groups (broad SMARTS) is 2. The van der Waals surface area contributed by atoms with E-state index in [4.69, 9.17) is 28.1 Å². The van der Waals surface area contributed by atoms with Crippen molar-refractivity contribution in [3.8, 4) is 40.1 Å². The maximum Gasteiger partial charge on any atom is 0.335 e. The van der Waals surface area contributed by atoms with Crippen LogP contribution in [0.3, 0.4) is 0 Å². The second kappa shape index (κ2) is 12.8. The Kier molecular flexibility index (Phi) is 9.17. The summed E-state index contributed by atoms with van der Waals surface area (Å²) < 4.78 is 32.6. The average molecular weight is 669 g/mol. The number of aromatic hydroxyl groups is 2. The monoisotopic (exact) mass is 668 g/mol. The minimum atomic E-state index is -2.10. The van der Waals surface area contributed by atoms with Crippen molar-refractivity contribution in [2.75, 3.05) is 7.11 Å². The van der Waals surface area contributed by atoms with Crippen molar-refractivity contribution in [1.29, 1.82) is 0 Å². The van der Waals surface area contributed by atoms with E-state index in [1.807, 2.05) is 0 Å². The molecule has 47 heavy (non-hydrogen) atoms. The first-order chi connectivity index (χ1) is 22.1. The van der Waals surface area contributed by atoms with Crippen molar-refractivity contribution in [3.63, 3.8) is 0 Å². The van der Waals surface area contributed by atoms with Gasteiger partial charge in [-0.2, -0.15) is 0 Å². The van der Waals surface area contributed by atoms with Gasteiger partial charge in [-0.3, -0.25) is 4.79 Å². The van der Waals surface area contributed by atoms with Gasteiger partial charge in [0.05, 0.1) is 7.11 Å². The Morgan fingerprint density at radius 3 is 1.79 bits per heavy atom. The number of rotatable bonds is 8. The number of aliphatic hydroxyl groups excluding tert-OH is 6. The molecule has 0 aliphatic carbocycles. The molecule has 0 bridgehead atoms. The number of methoxy groups -OCH3 is 1. The third kappa shape index (κ3) is 6.08. The van der Waals surface area contributed by atoms with E-state index in [0.29, 0.717) is 0 Å². The van der Waals surface area contributed by atoms with Crippen LogP contribution >= 0.6 is 0 Å². The van der Waals surface area contributed by atoms with Crippen LogP contribution in [0.1, 0.15) is 0 Å². The van der Waals surface area contributed by atoms with Gasteiger partial charge in [-0.15, -0.1) is 0 Å².